The lowest BCUT2D eigenvalue weighted by atomic mass is 9.75. The number of hydrogen-bond acceptors (Lipinski definition) is 7. The highest BCUT2D eigenvalue weighted by atomic mass is 35.5. The number of aliphatic imine (C=N–C) groups is 1. The molecule has 1 aliphatic heterocycles. The molecule has 11 nitrogen and oxygen atoms in total. The van der Waals surface area contributed by atoms with E-state index in [0.29, 0.717) is 44.1 Å². The molecule has 1 aliphatic carbocycles. The number of hydrogen-bond donors (Lipinski definition) is 2. The van der Waals surface area contributed by atoms with E-state index in [1.165, 1.54) is 17.3 Å². The lowest BCUT2D eigenvalue weighted by Crippen LogP contribution is -2.48. The Hall–Kier alpha value is -4.78. The van der Waals surface area contributed by atoms with Crippen LogP contribution in [0.5, 0.6) is 0 Å². The van der Waals surface area contributed by atoms with E-state index in [1.54, 1.807) is 65.6 Å². The van der Waals surface area contributed by atoms with Crippen LogP contribution in [0.1, 0.15) is 77.1 Å². The molecule has 2 amide bonds. The summed E-state index contributed by atoms with van der Waals surface area (Å²) in [6.07, 6.45) is 8.24. The van der Waals surface area contributed by atoms with Gasteiger partial charge in [-0.15, -0.1) is 0 Å². The fraction of sp³-hybridized carbons (Fsp3) is 0.400. The molecule has 14 heteroatoms. The minimum absolute atomic E-state index is 0.0339. The van der Waals surface area contributed by atoms with E-state index in [9.17, 15) is 18.4 Å². The van der Waals surface area contributed by atoms with Crippen LogP contribution in [-0.2, 0) is 15.1 Å². The second kappa shape index (κ2) is 12.9. The molecule has 6 rings (SSSR count). The quantitative estimate of drug-likeness (QED) is 0.174. The third kappa shape index (κ3) is 6.89. The van der Waals surface area contributed by atoms with Gasteiger partial charge in [-0.1, -0.05) is 69.6 Å². The van der Waals surface area contributed by atoms with Gasteiger partial charge in [0.2, 0.25) is 0 Å². The fourth-order valence-corrected chi connectivity index (χ4v) is 6.58. The van der Waals surface area contributed by atoms with Crippen molar-refractivity contribution in [3.8, 4) is 16.8 Å². The molecule has 2 aromatic heterocycles. The van der Waals surface area contributed by atoms with Gasteiger partial charge in [-0.3, -0.25) is 9.69 Å². The van der Waals surface area contributed by atoms with E-state index in [2.05, 4.69) is 15.5 Å². The summed E-state index contributed by atoms with van der Waals surface area (Å²) in [7, 11) is 0. The van der Waals surface area contributed by atoms with Gasteiger partial charge in [0.25, 0.3) is 5.91 Å². The normalized spacial score (nSPS) is 19.2. The maximum absolute atomic E-state index is 14.9. The van der Waals surface area contributed by atoms with Gasteiger partial charge in [0.1, 0.15) is 6.61 Å². The van der Waals surface area contributed by atoms with Crippen molar-refractivity contribution in [2.75, 3.05) is 6.61 Å². The van der Waals surface area contributed by atoms with Gasteiger partial charge in [0.15, 0.2) is 11.5 Å². The summed E-state index contributed by atoms with van der Waals surface area (Å²) < 4.78 is 34.3. The molecule has 2 aromatic carbocycles. The second-order valence-corrected chi connectivity index (χ2v) is 14.2. The predicted molar refractivity (Wildman–Crippen MR) is 181 cm³/mol. The molecule has 1 saturated carbocycles. The number of amides is 2. The number of nitrogens with one attached hydrogen (secondary N) is 1. The highest BCUT2D eigenvalue weighted by molar-refractivity contribution is 6.32. The van der Waals surface area contributed by atoms with Crippen molar-refractivity contribution in [2.45, 2.75) is 77.0 Å². The Balaban J connectivity index is 1.38. The molecule has 3 N–H and O–H groups in total. The number of nitrogens with zero attached hydrogens (tertiary/aromatic N) is 6. The highest BCUT2D eigenvalue weighted by Crippen LogP contribution is 2.45. The highest BCUT2D eigenvalue weighted by Gasteiger charge is 2.53. The van der Waals surface area contributed by atoms with Crippen LogP contribution >= 0.6 is 11.6 Å². The zero-order valence-electron chi connectivity index (χ0n) is 27.7. The monoisotopic (exact) mass is 692 g/mol. The lowest BCUT2D eigenvalue weighted by molar-refractivity contribution is -0.135. The average Bonchev–Trinajstić information content (AvgIpc) is 3.39. The van der Waals surface area contributed by atoms with Gasteiger partial charge in [-0.2, -0.15) is 19.0 Å². The Morgan fingerprint density at radius 1 is 1.12 bits per heavy atom. The van der Waals surface area contributed by atoms with Gasteiger partial charge < -0.3 is 15.8 Å². The Kier molecular flexibility index (Phi) is 8.99. The second-order valence-electron chi connectivity index (χ2n) is 13.8. The van der Waals surface area contributed by atoms with Crippen LogP contribution < -0.4 is 11.1 Å². The molecule has 2 aliphatic rings. The van der Waals surface area contributed by atoms with Crippen molar-refractivity contribution < 1.29 is 23.1 Å². The molecular weight excluding hydrogens is 654 g/mol. The van der Waals surface area contributed by atoms with Crippen molar-refractivity contribution in [1.82, 2.24) is 29.8 Å². The number of ether oxygens (including phenoxy) is 1. The summed E-state index contributed by atoms with van der Waals surface area (Å²) >= 11 is 6.58. The Morgan fingerprint density at radius 3 is 2.45 bits per heavy atom. The Labute approximate surface area is 288 Å². The minimum Gasteiger partial charge on any atom is -0.447 e. The van der Waals surface area contributed by atoms with Crippen molar-refractivity contribution in [3.63, 3.8) is 0 Å². The average molecular weight is 693 g/mol. The predicted octanol–water partition coefficient (Wildman–Crippen LogP) is 6.98. The number of halogens is 3. The molecule has 1 unspecified atom stereocenters. The third-order valence-corrected chi connectivity index (χ3v) is 9.42. The maximum Gasteiger partial charge on any atom is 0.407 e. The first-order valence-corrected chi connectivity index (χ1v) is 16.5. The lowest BCUT2D eigenvalue weighted by Gasteiger charge is -2.35. The van der Waals surface area contributed by atoms with Crippen LogP contribution in [0.25, 0.3) is 16.8 Å². The number of aromatic nitrogens is 4. The Bertz CT molecular complexity index is 1870. The molecule has 0 spiro atoms. The summed E-state index contributed by atoms with van der Waals surface area (Å²) in [5.74, 6) is -0.427. The van der Waals surface area contributed by atoms with Gasteiger partial charge in [0.05, 0.1) is 22.9 Å². The third-order valence-electron chi connectivity index (χ3n) is 9.10. The smallest absolute Gasteiger partial charge is 0.407 e. The van der Waals surface area contributed by atoms with Gasteiger partial charge >= 0.3 is 12.6 Å². The summed E-state index contributed by atoms with van der Waals surface area (Å²) in [5, 5.41) is 11.4. The van der Waals surface area contributed by atoms with Gasteiger partial charge in [-0.25, -0.2) is 19.2 Å². The summed E-state index contributed by atoms with van der Waals surface area (Å²) in [6.45, 7) is 5.05. The number of rotatable bonds is 11. The van der Waals surface area contributed by atoms with Crippen LogP contribution in [0.15, 0.2) is 78.3 Å². The fourth-order valence-electron chi connectivity index (χ4n) is 6.38. The summed E-state index contributed by atoms with van der Waals surface area (Å²) in [4.78, 5) is 34.2. The molecule has 49 heavy (non-hydrogen) atoms. The van der Waals surface area contributed by atoms with Crippen LogP contribution in [0, 0.1) is 5.41 Å². The Morgan fingerprint density at radius 2 is 1.86 bits per heavy atom. The standard InChI is InChI=1S/C35H39ClF2N8O3/c1-5-34(13-14-34)43-32(48)49-20-28(23-9-12-26(36)27(17-23)44-16-6-15-40-44)46-29(47)35(42-31(46)39,21-33(2,3)4)25-10-7-22(8-11-25)24-18-41-45(19-24)30(37)38/h6-12,15-19,28,30H,5,13-14,20-21H2,1-4H3,(H2,39,42)(H,43,48)/t28-,35?/m1/s1. The topological polar surface area (TPSA) is 133 Å². The SMILES string of the molecule is CCC1(NC(=O)OC[C@H](c2ccc(Cl)c(-n3cccn3)c2)N2C(=O)C(CC(C)(C)C)(c3ccc(-c4cnn(C(F)F)c4)cc3)N=C2N)CC1. The zero-order valence-corrected chi connectivity index (χ0v) is 28.5. The molecular formula is C35H39ClF2N8O3. The summed E-state index contributed by atoms with van der Waals surface area (Å²) in [6, 6.07) is 13.1. The molecule has 258 valence electrons. The molecule has 1 fully saturated rings. The van der Waals surface area contributed by atoms with E-state index in [-0.39, 0.29) is 23.5 Å². The summed E-state index contributed by atoms with van der Waals surface area (Å²) in [5.41, 5.74) is 7.48. The van der Waals surface area contributed by atoms with Crippen LogP contribution in [0.4, 0.5) is 13.6 Å². The van der Waals surface area contributed by atoms with E-state index in [4.69, 9.17) is 27.1 Å². The van der Waals surface area contributed by atoms with Crippen LogP contribution in [0.2, 0.25) is 5.02 Å². The number of benzene rings is 2. The van der Waals surface area contributed by atoms with Crippen LogP contribution in [0.3, 0.4) is 0 Å². The zero-order chi connectivity index (χ0) is 35.1. The van der Waals surface area contributed by atoms with Crippen molar-refractivity contribution in [3.05, 3.63) is 89.5 Å². The number of carbonyl (C=O) groups is 2. The van der Waals surface area contributed by atoms with Gasteiger partial charge in [-0.05, 0) is 66.0 Å². The number of alkyl carbamates (subject to hydrolysis) is 1. The van der Waals surface area contributed by atoms with E-state index in [1.807, 2.05) is 27.7 Å². The number of carbonyl (C=O) groups excluding carboxylic acids is 2. The van der Waals surface area contributed by atoms with Crippen molar-refractivity contribution in [2.24, 2.45) is 16.1 Å². The maximum atomic E-state index is 14.9. The van der Waals surface area contributed by atoms with E-state index >= 15 is 0 Å². The van der Waals surface area contributed by atoms with Gasteiger partial charge in [0, 0.05) is 29.7 Å². The van der Waals surface area contributed by atoms with Crippen molar-refractivity contribution >= 4 is 29.6 Å². The first kappa shape index (κ1) is 34.1. The number of guanidine groups is 1. The van der Waals surface area contributed by atoms with E-state index < -0.39 is 30.1 Å². The van der Waals surface area contributed by atoms with Crippen LogP contribution in [-0.4, -0.2) is 54.6 Å². The molecule has 4 aromatic rings. The molecule has 2 atom stereocenters. The molecule has 3 heterocycles. The van der Waals surface area contributed by atoms with E-state index in [0.717, 1.165) is 19.3 Å². The largest absolute Gasteiger partial charge is 0.447 e. The first-order valence-electron chi connectivity index (χ1n) is 16.1. The first-order chi connectivity index (χ1) is 23.2. The number of nitrogens with two attached hydrogens (primary N) is 1. The van der Waals surface area contributed by atoms with Crippen molar-refractivity contribution in [1.29, 1.82) is 0 Å². The molecule has 0 saturated heterocycles. The minimum atomic E-state index is -2.76. The molecule has 0 radical (unpaired) electrons. The molecule has 0 bridgehead atoms. The number of alkyl halides is 2.